The van der Waals surface area contributed by atoms with Crippen LogP contribution in [0.1, 0.15) is 29.8 Å². The molecule has 2 rings (SSSR count). The zero-order valence-corrected chi connectivity index (χ0v) is 11.1. The van der Waals surface area contributed by atoms with Crippen LogP contribution in [0.3, 0.4) is 0 Å². The fraction of sp³-hybridized carbons (Fsp3) is 0.267. The molecule has 0 saturated carbocycles. The molecule has 2 nitrogen and oxygen atoms in total. The third-order valence-electron chi connectivity index (χ3n) is 2.96. The molecule has 0 aliphatic heterocycles. The first-order valence-corrected chi connectivity index (χ1v) is 6.44. The molecule has 1 unspecified atom stereocenters. The molecule has 1 atom stereocenters. The third kappa shape index (κ3) is 3.09. The summed E-state index contributed by atoms with van der Waals surface area (Å²) in [5, 5.41) is 10.7. The number of aryl methyl sites for hydroxylation is 1. The minimum atomic E-state index is -0.612. The van der Waals surface area contributed by atoms with Gasteiger partial charge >= 0.3 is 0 Å². The average Bonchev–Trinajstić information content (AvgIpc) is 2.40. The quantitative estimate of drug-likeness (QED) is 0.913. The highest BCUT2D eigenvalue weighted by molar-refractivity contribution is 6.31. The molecule has 94 valence electrons. The third-order valence-corrected chi connectivity index (χ3v) is 3.31. The maximum absolute atomic E-state index is 10.2. The Labute approximate surface area is 112 Å². The van der Waals surface area contributed by atoms with Crippen molar-refractivity contribution in [1.82, 2.24) is 4.98 Å². The Balaban J connectivity index is 2.11. The summed E-state index contributed by atoms with van der Waals surface area (Å²) in [7, 11) is 0. The predicted molar refractivity (Wildman–Crippen MR) is 73.7 cm³/mol. The fourth-order valence-corrected chi connectivity index (χ4v) is 2.10. The molecule has 1 N–H and O–H groups in total. The summed E-state index contributed by atoms with van der Waals surface area (Å²) in [6.45, 7) is 2.09. The molecule has 0 fully saturated rings. The number of hydrogen-bond donors (Lipinski definition) is 1. The molecular formula is C15H16ClNO. The summed E-state index contributed by atoms with van der Waals surface area (Å²) in [4.78, 5) is 4.34. The maximum atomic E-state index is 10.2. The van der Waals surface area contributed by atoms with Crippen molar-refractivity contribution >= 4 is 11.6 Å². The molecule has 0 radical (unpaired) electrons. The van der Waals surface area contributed by atoms with Crippen LogP contribution in [0.5, 0.6) is 0 Å². The van der Waals surface area contributed by atoms with E-state index in [9.17, 15) is 5.11 Å². The summed E-state index contributed by atoms with van der Waals surface area (Å²) in [5.74, 6) is 0. The van der Waals surface area contributed by atoms with Crippen LogP contribution in [0.15, 0.2) is 42.6 Å². The van der Waals surface area contributed by atoms with Gasteiger partial charge in [-0.05, 0) is 29.7 Å². The summed E-state index contributed by atoms with van der Waals surface area (Å²) in [6.07, 6.45) is 2.70. The molecule has 2 aromatic rings. The van der Waals surface area contributed by atoms with Gasteiger partial charge in [-0.15, -0.1) is 0 Å². The van der Waals surface area contributed by atoms with E-state index in [0.29, 0.717) is 11.4 Å². The Kier molecular flexibility index (Phi) is 4.34. The van der Waals surface area contributed by atoms with Crippen molar-refractivity contribution in [1.29, 1.82) is 0 Å². The molecule has 1 aromatic carbocycles. The first-order chi connectivity index (χ1) is 8.70. The predicted octanol–water partition coefficient (Wildman–Crippen LogP) is 3.57. The lowest BCUT2D eigenvalue weighted by Gasteiger charge is -2.12. The van der Waals surface area contributed by atoms with E-state index in [-0.39, 0.29) is 0 Å². The van der Waals surface area contributed by atoms with E-state index in [0.717, 1.165) is 17.7 Å². The number of hydrogen-bond acceptors (Lipinski definition) is 2. The monoisotopic (exact) mass is 261 g/mol. The van der Waals surface area contributed by atoms with Gasteiger partial charge in [-0.1, -0.05) is 42.8 Å². The molecule has 0 spiro atoms. The van der Waals surface area contributed by atoms with Crippen LogP contribution in [0, 0.1) is 0 Å². The molecule has 1 heterocycles. The largest absolute Gasteiger partial charge is 0.388 e. The Morgan fingerprint density at radius 1 is 1.22 bits per heavy atom. The molecule has 0 amide bonds. The minimum absolute atomic E-state index is 0.480. The maximum Gasteiger partial charge on any atom is 0.0859 e. The van der Waals surface area contributed by atoms with Crippen molar-refractivity contribution in [3.63, 3.8) is 0 Å². The molecule has 0 aliphatic carbocycles. The van der Waals surface area contributed by atoms with Gasteiger partial charge < -0.3 is 5.11 Å². The van der Waals surface area contributed by atoms with Crippen LogP contribution in [0.25, 0.3) is 0 Å². The Morgan fingerprint density at radius 2 is 2.00 bits per heavy atom. The standard InChI is InChI=1S/C15H16ClNO/c1-2-11-7-8-12(17-10-11)9-15(18)13-5-3-4-6-14(13)16/h3-8,10,15,18H,2,9H2,1H3. The van der Waals surface area contributed by atoms with Gasteiger partial charge in [0.2, 0.25) is 0 Å². The normalized spacial score (nSPS) is 12.4. The number of benzene rings is 1. The Hall–Kier alpha value is -1.38. The highest BCUT2D eigenvalue weighted by Crippen LogP contribution is 2.24. The van der Waals surface area contributed by atoms with Crippen molar-refractivity contribution in [2.45, 2.75) is 25.9 Å². The first-order valence-electron chi connectivity index (χ1n) is 6.07. The van der Waals surface area contributed by atoms with E-state index in [4.69, 9.17) is 11.6 Å². The number of nitrogens with zero attached hydrogens (tertiary/aromatic N) is 1. The second-order valence-electron chi connectivity index (χ2n) is 4.25. The summed E-state index contributed by atoms with van der Waals surface area (Å²) >= 11 is 6.05. The molecule has 0 bridgehead atoms. The molecule has 0 saturated heterocycles. The number of aromatic nitrogens is 1. The van der Waals surface area contributed by atoms with Crippen LogP contribution in [0.4, 0.5) is 0 Å². The van der Waals surface area contributed by atoms with Gasteiger partial charge in [0.15, 0.2) is 0 Å². The second-order valence-corrected chi connectivity index (χ2v) is 4.66. The van der Waals surface area contributed by atoms with E-state index < -0.39 is 6.10 Å². The van der Waals surface area contributed by atoms with E-state index in [1.54, 1.807) is 6.07 Å². The minimum Gasteiger partial charge on any atom is -0.388 e. The van der Waals surface area contributed by atoms with E-state index in [1.165, 1.54) is 5.56 Å². The van der Waals surface area contributed by atoms with Crippen molar-refractivity contribution in [2.24, 2.45) is 0 Å². The van der Waals surface area contributed by atoms with Crippen molar-refractivity contribution in [2.75, 3.05) is 0 Å². The lowest BCUT2D eigenvalue weighted by atomic mass is 10.0. The second kappa shape index (κ2) is 5.98. The van der Waals surface area contributed by atoms with Crippen LogP contribution in [-0.4, -0.2) is 10.1 Å². The van der Waals surface area contributed by atoms with Crippen LogP contribution < -0.4 is 0 Å². The highest BCUT2D eigenvalue weighted by atomic mass is 35.5. The lowest BCUT2D eigenvalue weighted by Crippen LogP contribution is -2.04. The van der Waals surface area contributed by atoms with Crippen molar-refractivity contribution in [3.8, 4) is 0 Å². The highest BCUT2D eigenvalue weighted by Gasteiger charge is 2.12. The van der Waals surface area contributed by atoms with Gasteiger partial charge in [0.1, 0.15) is 0 Å². The SMILES string of the molecule is CCc1ccc(CC(O)c2ccccc2Cl)nc1. The van der Waals surface area contributed by atoms with Crippen LogP contribution >= 0.6 is 11.6 Å². The number of halogens is 1. The molecule has 1 aromatic heterocycles. The van der Waals surface area contributed by atoms with Gasteiger partial charge in [0.05, 0.1) is 6.10 Å². The van der Waals surface area contributed by atoms with Gasteiger partial charge in [-0.2, -0.15) is 0 Å². The number of pyridine rings is 1. The number of aliphatic hydroxyl groups is 1. The molecule has 18 heavy (non-hydrogen) atoms. The van der Waals surface area contributed by atoms with Crippen molar-refractivity contribution < 1.29 is 5.11 Å². The van der Waals surface area contributed by atoms with Gasteiger partial charge in [0.25, 0.3) is 0 Å². The summed E-state index contributed by atoms with van der Waals surface area (Å²) in [6, 6.07) is 11.4. The van der Waals surface area contributed by atoms with Gasteiger partial charge in [-0.3, -0.25) is 4.98 Å². The topological polar surface area (TPSA) is 33.1 Å². The zero-order chi connectivity index (χ0) is 13.0. The fourth-order valence-electron chi connectivity index (χ4n) is 1.84. The van der Waals surface area contributed by atoms with Gasteiger partial charge in [0, 0.05) is 23.3 Å². The average molecular weight is 262 g/mol. The summed E-state index contributed by atoms with van der Waals surface area (Å²) in [5.41, 5.74) is 2.83. The van der Waals surface area contributed by atoms with Crippen LogP contribution in [-0.2, 0) is 12.8 Å². The van der Waals surface area contributed by atoms with E-state index in [1.807, 2.05) is 36.5 Å². The molecule has 0 aliphatic rings. The zero-order valence-electron chi connectivity index (χ0n) is 10.3. The Morgan fingerprint density at radius 3 is 2.61 bits per heavy atom. The summed E-state index contributed by atoms with van der Waals surface area (Å²) < 4.78 is 0. The number of aliphatic hydroxyl groups excluding tert-OH is 1. The van der Waals surface area contributed by atoms with E-state index >= 15 is 0 Å². The molecule has 3 heteroatoms. The smallest absolute Gasteiger partial charge is 0.0859 e. The van der Waals surface area contributed by atoms with E-state index in [2.05, 4.69) is 11.9 Å². The van der Waals surface area contributed by atoms with Crippen molar-refractivity contribution in [3.05, 3.63) is 64.4 Å². The lowest BCUT2D eigenvalue weighted by molar-refractivity contribution is 0.177. The molecular weight excluding hydrogens is 246 g/mol. The Bertz CT molecular complexity index is 510. The first kappa shape index (κ1) is 13.1. The van der Waals surface area contributed by atoms with Gasteiger partial charge in [-0.25, -0.2) is 0 Å². The van der Waals surface area contributed by atoms with Crippen LogP contribution in [0.2, 0.25) is 5.02 Å². The number of rotatable bonds is 4.